The number of nitrogens with zero attached hydrogens (tertiary/aromatic N) is 2. The van der Waals surface area contributed by atoms with Gasteiger partial charge in [0.25, 0.3) is 0 Å². The molecule has 1 aromatic carbocycles. The van der Waals surface area contributed by atoms with Crippen molar-refractivity contribution in [3.05, 3.63) is 36.0 Å². The van der Waals surface area contributed by atoms with Crippen molar-refractivity contribution in [3.63, 3.8) is 0 Å². The van der Waals surface area contributed by atoms with Gasteiger partial charge in [0.05, 0.1) is 18.7 Å². The van der Waals surface area contributed by atoms with E-state index in [0.717, 1.165) is 22.3 Å². The molecule has 1 aliphatic rings. The first-order valence-electron chi connectivity index (χ1n) is 6.55. The summed E-state index contributed by atoms with van der Waals surface area (Å²) in [6, 6.07) is 9.84. The van der Waals surface area contributed by atoms with Gasteiger partial charge in [-0.2, -0.15) is 0 Å². The van der Waals surface area contributed by atoms with Gasteiger partial charge in [-0.05, 0) is 12.1 Å². The van der Waals surface area contributed by atoms with Crippen LogP contribution in [0.5, 0.6) is 5.75 Å². The Hall–Kier alpha value is -2.14. The third-order valence-electron chi connectivity index (χ3n) is 3.65. The van der Waals surface area contributed by atoms with Gasteiger partial charge < -0.3 is 9.84 Å². The summed E-state index contributed by atoms with van der Waals surface area (Å²) in [6.45, 7) is 1.87. The van der Waals surface area contributed by atoms with E-state index in [2.05, 4.69) is 9.88 Å². The molecule has 2 heterocycles. The molecule has 0 amide bonds. The number of carboxylic acid groups (broad SMARTS) is 1. The zero-order valence-corrected chi connectivity index (χ0v) is 11.2. The highest BCUT2D eigenvalue weighted by Crippen LogP contribution is 2.25. The number of pyridine rings is 1. The van der Waals surface area contributed by atoms with Crippen LogP contribution in [-0.4, -0.2) is 41.2 Å². The molecular weight excluding hydrogens is 256 g/mol. The van der Waals surface area contributed by atoms with Gasteiger partial charge in [0, 0.05) is 25.0 Å². The van der Waals surface area contributed by atoms with Crippen LogP contribution in [0.2, 0.25) is 0 Å². The monoisotopic (exact) mass is 272 g/mol. The highest BCUT2D eigenvalue weighted by atomic mass is 16.5. The van der Waals surface area contributed by atoms with E-state index in [-0.39, 0.29) is 5.92 Å². The molecule has 5 nitrogen and oxygen atoms in total. The molecule has 1 aliphatic heterocycles. The summed E-state index contributed by atoms with van der Waals surface area (Å²) in [4.78, 5) is 17.5. The smallest absolute Gasteiger partial charge is 0.309 e. The highest BCUT2D eigenvalue weighted by molar-refractivity contribution is 5.84. The van der Waals surface area contributed by atoms with Gasteiger partial charge in [-0.15, -0.1) is 0 Å². The van der Waals surface area contributed by atoms with Crippen molar-refractivity contribution in [3.8, 4) is 5.75 Å². The van der Waals surface area contributed by atoms with Crippen molar-refractivity contribution >= 4 is 16.9 Å². The third kappa shape index (κ3) is 2.32. The zero-order chi connectivity index (χ0) is 14.1. The average Bonchev–Trinajstić information content (AvgIpc) is 2.41. The Morgan fingerprint density at radius 1 is 1.40 bits per heavy atom. The van der Waals surface area contributed by atoms with Crippen molar-refractivity contribution in [2.45, 2.75) is 6.54 Å². The lowest BCUT2D eigenvalue weighted by atomic mass is 10.0. The third-order valence-corrected chi connectivity index (χ3v) is 3.65. The number of carboxylic acids is 1. The van der Waals surface area contributed by atoms with E-state index in [9.17, 15) is 4.79 Å². The maximum Gasteiger partial charge on any atom is 0.309 e. The van der Waals surface area contributed by atoms with Crippen LogP contribution in [-0.2, 0) is 11.3 Å². The van der Waals surface area contributed by atoms with E-state index in [0.29, 0.717) is 19.6 Å². The van der Waals surface area contributed by atoms with E-state index in [1.165, 1.54) is 0 Å². The number of para-hydroxylation sites is 1. The first-order chi connectivity index (χ1) is 9.67. The van der Waals surface area contributed by atoms with Crippen molar-refractivity contribution in [2.24, 2.45) is 5.92 Å². The number of ether oxygens (including phenoxy) is 1. The predicted molar refractivity (Wildman–Crippen MR) is 74.7 cm³/mol. The molecule has 0 atom stereocenters. The molecule has 0 spiro atoms. The molecule has 104 valence electrons. The largest absolute Gasteiger partial charge is 0.494 e. The lowest BCUT2D eigenvalue weighted by Crippen LogP contribution is -2.49. The topological polar surface area (TPSA) is 62.7 Å². The van der Waals surface area contributed by atoms with E-state index < -0.39 is 5.97 Å². The van der Waals surface area contributed by atoms with Crippen molar-refractivity contribution in [2.75, 3.05) is 20.2 Å². The molecule has 0 aliphatic carbocycles. The quantitative estimate of drug-likeness (QED) is 0.919. The lowest BCUT2D eigenvalue weighted by Gasteiger charge is -2.36. The lowest BCUT2D eigenvalue weighted by molar-refractivity contribution is -0.147. The SMILES string of the molecule is COc1cccc2ccc(CN3CC(C(=O)O)C3)nc12. The summed E-state index contributed by atoms with van der Waals surface area (Å²) in [6.07, 6.45) is 0. The number of hydrogen-bond acceptors (Lipinski definition) is 4. The first-order valence-corrected chi connectivity index (χ1v) is 6.55. The van der Waals surface area contributed by atoms with E-state index in [1.54, 1.807) is 7.11 Å². The summed E-state index contributed by atoms with van der Waals surface area (Å²) in [7, 11) is 1.63. The van der Waals surface area contributed by atoms with Crippen LogP contribution in [0.25, 0.3) is 10.9 Å². The normalized spacial score (nSPS) is 16.1. The van der Waals surface area contributed by atoms with Crippen LogP contribution in [0.3, 0.4) is 0 Å². The molecule has 1 N–H and O–H groups in total. The maximum atomic E-state index is 10.8. The van der Waals surface area contributed by atoms with E-state index in [4.69, 9.17) is 9.84 Å². The molecule has 5 heteroatoms. The number of carbonyl (C=O) groups is 1. The second kappa shape index (κ2) is 5.09. The number of methoxy groups -OCH3 is 1. The fraction of sp³-hybridized carbons (Fsp3) is 0.333. The molecule has 20 heavy (non-hydrogen) atoms. The van der Waals surface area contributed by atoms with Crippen molar-refractivity contribution < 1.29 is 14.6 Å². The van der Waals surface area contributed by atoms with Crippen LogP contribution in [0.15, 0.2) is 30.3 Å². The molecule has 3 rings (SSSR count). The molecule has 1 aromatic heterocycles. The van der Waals surface area contributed by atoms with Crippen LogP contribution in [0.1, 0.15) is 5.69 Å². The molecular formula is C15H16N2O3. The average molecular weight is 272 g/mol. The van der Waals surface area contributed by atoms with Gasteiger partial charge in [0.15, 0.2) is 0 Å². The van der Waals surface area contributed by atoms with Gasteiger partial charge in [-0.3, -0.25) is 9.69 Å². The molecule has 0 saturated carbocycles. The molecule has 1 saturated heterocycles. The number of aromatic nitrogens is 1. The molecule has 0 unspecified atom stereocenters. The van der Waals surface area contributed by atoms with Crippen LogP contribution in [0.4, 0.5) is 0 Å². The minimum absolute atomic E-state index is 0.231. The summed E-state index contributed by atoms with van der Waals surface area (Å²) >= 11 is 0. The summed E-state index contributed by atoms with van der Waals surface area (Å²) in [5.74, 6) is -0.184. The summed E-state index contributed by atoms with van der Waals surface area (Å²) in [5.41, 5.74) is 1.79. The van der Waals surface area contributed by atoms with Gasteiger partial charge in [0.1, 0.15) is 11.3 Å². The zero-order valence-electron chi connectivity index (χ0n) is 11.2. The number of rotatable bonds is 4. The Balaban J connectivity index is 1.78. The second-order valence-electron chi connectivity index (χ2n) is 5.06. The number of fused-ring (bicyclic) bond motifs is 1. The second-order valence-corrected chi connectivity index (χ2v) is 5.06. The minimum atomic E-state index is -0.714. The highest BCUT2D eigenvalue weighted by Gasteiger charge is 2.32. The fourth-order valence-electron chi connectivity index (χ4n) is 2.50. The van der Waals surface area contributed by atoms with E-state index >= 15 is 0 Å². The Bertz CT molecular complexity index is 651. The van der Waals surface area contributed by atoms with Crippen molar-refractivity contribution in [1.82, 2.24) is 9.88 Å². The number of hydrogen-bond donors (Lipinski definition) is 1. The molecule has 0 radical (unpaired) electrons. The Morgan fingerprint density at radius 2 is 2.20 bits per heavy atom. The number of aliphatic carboxylic acids is 1. The van der Waals surface area contributed by atoms with Gasteiger partial charge in [0.2, 0.25) is 0 Å². The molecule has 1 fully saturated rings. The fourth-order valence-corrected chi connectivity index (χ4v) is 2.50. The van der Waals surface area contributed by atoms with Crippen LogP contribution < -0.4 is 4.74 Å². The first kappa shape index (κ1) is 12.9. The Kier molecular flexibility index (Phi) is 3.28. The van der Waals surface area contributed by atoms with Gasteiger partial charge in [-0.25, -0.2) is 4.98 Å². The number of benzene rings is 1. The standard InChI is InChI=1S/C15H16N2O3/c1-20-13-4-2-3-10-5-6-12(16-14(10)13)9-17-7-11(8-17)15(18)19/h2-6,11H,7-9H2,1H3,(H,18,19). The van der Waals surface area contributed by atoms with Crippen molar-refractivity contribution in [1.29, 1.82) is 0 Å². The van der Waals surface area contributed by atoms with Gasteiger partial charge >= 0.3 is 5.97 Å². The minimum Gasteiger partial charge on any atom is -0.494 e. The van der Waals surface area contributed by atoms with Crippen LogP contribution >= 0.6 is 0 Å². The predicted octanol–water partition coefficient (Wildman–Crippen LogP) is 1.76. The van der Waals surface area contributed by atoms with E-state index in [1.807, 2.05) is 30.3 Å². The summed E-state index contributed by atoms with van der Waals surface area (Å²) < 4.78 is 5.32. The Morgan fingerprint density at radius 3 is 2.90 bits per heavy atom. The Labute approximate surface area is 116 Å². The number of likely N-dealkylation sites (tertiary alicyclic amines) is 1. The summed E-state index contributed by atoms with van der Waals surface area (Å²) in [5, 5.41) is 9.91. The van der Waals surface area contributed by atoms with Crippen LogP contribution in [0, 0.1) is 5.92 Å². The molecule has 0 bridgehead atoms. The van der Waals surface area contributed by atoms with Gasteiger partial charge in [-0.1, -0.05) is 18.2 Å². The maximum absolute atomic E-state index is 10.8. The molecule has 2 aromatic rings.